The van der Waals surface area contributed by atoms with Gasteiger partial charge in [-0.3, -0.25) is 18.7 Å². The summed E-state index contributed by atoms with van der Waals surface area (Å²) >= 11 is 3.21. The van der Waals surface area contributed by atoms with Crippen LogP contribution in [0.5, 0.6) is 0 Å². The molecular formula is C20H14BrN3O8S2. The molecule has 3 aromatic rings. The topological polar surface area (TPSA) is 207 Å². The third-order valence-electron chi connectivity index (χ3n) is 5.12. The molecule has 4 rings (SSSR count). The van der Waals surface area contributed by atoms with Gasteiger partial charge in [0.1, 0.15) is 9.79 Å². The molecule has 0 spiro atoms. The summed E-state index contributed by atoms with van der Waals surface area (Å²) in [5.74, 6) is -1.67. The molecule has 3 aromatic carbocycles. The highest BCUT2D eigenvalue weighted by Gasteiger charge is 2.38. The van der Waals surface area contributed by atoms with E-state index in [1.165, 1.54) is 30.3 Å². The summed E-state index contributed by atoms with van der Waals surface area (Å²) in [6.45, 7) is 0. The molecule has 0 saturated carbocycles. The smallest absolute Gasteiger partial charge is 0.296 e. The molecule has 0 saturated heterocycles. The van der Waals surface area contributed by atoms with Crippen LogP contribution in [0.2, 0.25) is 0 Å². The highest BCUT2D eigenvalue weighted by atomic mass is 79.9. The van der Waals surface area contributed by atoms with Crippen molar-refractivity contribution in [1.29, 1.82) is 0 Å². The summed E-state index contributed by atoms with van der Waals surface area (Å²) in [5, 5.41) is 2.78. The largest absolute Gasteiger partial charge is 0.398 e. The van der Waals surface area contributed by atoms with Crippen molar-refractivity contribution in [2.75, 3.05) is 16.8 Å². The average Bonchev–Trinajstić information content (AvgIpc) is 2.73. The molecule has 0 bridgehead atoms. The van der Waals surface area contributed by atoms with Crippen LogP contribution in [0.15, 0.2) is 56.7 Å². The van der Waals surface area contributed by atoms with E-state index >= 15 is 0 Å². The quantitative estimate of drug-likeness (QED) is 0.179. The van der Waals surface area contributed by atoms with Crippen molar-refractivity contribution in [3.63, 3.8) is 0 Å². The first-order valence-electron chi connectivity index (χ1n) is 9.17. The van der Waals surface area contributed by atoms with Crippen LogP contribution in [0.25, 0.3) is 0 Å². The fourth-order valence-electron chi connectivity index (χ4n) is 3.66. The number of carbonyl (C=O) groups is 2. The van der Waals surface area contributed by atoms with Gasteiger partial charge in [0.25, 0.3) is 20.2 Å². The summed E-state index contributed by atoms with van der Waals surface area (Å²) in [6, 6.07) is 8.32. The van der Waals surface area contributed by atoms with Gasteiger partial charge in [-0.05, 0) is 46.3 Å². The lowest BCUT2D eigenvalue weighted by molar-refractivity contribution is 0.0977. The van der Waals surface area contributed by atoms with Crippen LogP contribution in [0.4, 0.5) is 22.7 Å². The van der Waals surface area contributed by atoms with E-state index < -0.39 is 47.2 Å². The van der Waals surface area contributed by atoms with Gasteiger partial charge in [0.15, 0.2) is 11.6 Å². The highest BCUT2D eigenvalue weighted by molar-refractivity contribution is 9.10. The van der Waals surface area contributed by atoms with E-state index in [1.807, 2.05) is 0 Å². The van der Waals surface area contributed by atoms with Gasteiger partial charge in [-0.15, -0.1) is 0 Å². The van der Waals surface area contributed by atoms with Crippen LogP contribution >= 0.6 is 15.9 Å². The molecule has 1 aliphatic carbocycles. The molecule has 0 radical (unpaired) electrons. The third-order valence-corrected chi connectivity index (χ3v) is 7.58. The minimum atomic E-state index is -4.86. The van der Waals surface area contributed by atoms with Gasteiger partial charge < -0.3 is 16.8 Å². The van der Waals surface area contributed by atoms with Crippen LogP contribution in [0, 0.1) is 0 Å². The molecule has 0 amide bonds. The molecule has 0 unspecified atom stereocenters. The maximum Gasteiger partial charge on any atom is 0.296 e. The molecule has 11 nitrogen and oxygen atoms in total. The molecule has 0 heterocycles. The molecule has 0 fully saturated rings. The molecule has 0 atom stereocenters. The Hall–Kier alpha value is -3.30. The number of nitrogen functional groups attached to an aromatic ring is 2. The number of carbonyl (C=O) groups excluding carboxylic acids is 2. The van der Waals surface area contributed by atoms with E-state index in [9.17, 15) is 35.5 Å². The van der Waals surface area contributed by atoms with Crippen LogP contribution in [0.3, 0.4) is 0 Å². The van der Waals surface area contributed by atoms with E-state index in [0.29, 0.717) is 0 Å². The van der Waals surface area contributed by atoms with Gasteiger partial charge in [0.05, 0.1) is 33.8 Å². The van der Waals surface area contributed by atoms with Gasteiger partial charge in [-0.25, -0.2) is 0 Å². The van der Waals surface area contributed by atoms with Gasteiger partial charge in [0, 0.05) is 15.7 Å². The number of fused-ring (bicyclic) bond motifs is 2. The lowest BCUT2D eigenvalue weighted by Crippen LogP contribution is -2.26. The van der Waals surface area contributed by atoms with Crippen molar-refractivity contribution < 1.29 is 35.5 Å². The number of hydrogen-bond acceptors (Lipinski definition) is 9. The zero-order valence-electron chi connectivity index (χ0n) is 16.7. The standard InChI is InChI=1S/C20H14BrN3O8S2/c21-10-7-12(24-8-4-5-11(22)14(6-8)34(30,31)32)16-17(18(10)23)19(25)9-2-1-3-13(33(27,28)29)15(9)20(16)26/h1-7,24H,22-23H2,(H,27,28,29)(H,30,31,32). The molecular weight excluding hydrogens is 554 g/mol. The van der Waals surface area contributed by atoms with Gasteiger partial charge in [-0.2, -0.15) is 16.8 Å². The second-order valence-electron chi connectivity index (χ2n) is 7.23. The lowest BCUT2D eigenvalue weighted by atomic mass is 9.82. The predicted octanol–water partition coefficient (Wildman–Crippen LogP) is 2.63. The number of halogens is 1. The third kappa shape index (κ3) is 3.84. The van der Waals surface area contributed by atoms with Crippen molar-refractivity contribution >= 4 is 70.5 Å². The number of nitrogens with one attached hydrogen (secondary N) is 1. The fourth-order valence-corrected chi connectivity index (χ4v) is 5.44. The summed E-state index contributed by atoms with van der Waals surface area (Å²) in [4.78, 5) is 25.4. The average molecular weight is 568 g/mol. The number of nitrogens with two attached hydrogens (primary N) is 2. The number of benzene rings is 3. The van der Waals surface area contributed by atoms with Crippen LogP contribution in [0.1, 0.15) is 31.8 Å². The second-order valence-corrected chi connectivity index (χ2v) is 10.9. The first-order chi connectivity index (χ1) is 15.7. The van der Waals surface area contributed by atoms with Crippen molar-refractivity contribution in [3.8, 4) is 0 Å². The Kier molecular flexibility index (Phi) is 5.53. The second kappa shape index (κ2) is 7.89. The van der Waals surface area contributed by atoms with E-state index in [2.05, 4.69) is 21.2 Å². The Morgan fingerprint density at radius 3 is 2.06 bits per heavy atom. The minimum Gasteiger partial charge on any atom is -0.398 e. The molecule has 14 heteroatoms. The number of rotatable bonds is 4. The number of hydrogen-bond donors (Lipinski definition) is 5. The summed E-state index contributed by atoms with van der Waals surface area (Å²) in [6.07, 6.45) is 0. The van der Waals surface area contributed by atoms with Crippen molar-refractivity contribution in [2.45, 2.75) is 9.79 Å². The summed E-state index contributed by atoms with van der Waals surface area (Å²) in [5.41, 5.74) is 10.1. The summed E-state index contributed by atoms with van der Waals surface area (Å²) in [7, 11) is -9.53. The van der Waals surface area contributed by atoms with Crippen molar-refractivity contribution in [1.82, 2.24) is 0 Å². The molecule has 1 aliphatic rings. The zero-order valence-corrected chi connectivity index (χ0v) is 20.0. The van der Waals surface area contributed by atoms with E-state index in [0.717, 1.165) is 12.1 Å². The minimum absolute atomic E-state index is 0.0312. The molecule has 34 heavy (non-hydrogen) atoms. The number of ketones is 2. The lowest BCUT2D eigenvalue weighted by Gasteiger charge is -2.24. The van der Waals surface area contributed by atoms with Crippen molar-refractivity contribution in [3.05, 3.63) is 69.2 Å². The summed E-state index contributed by atoms with van der Waals surface area (Å²) < 4.78 is 66.2. The Labute approximate surface area is 201 Å². The van der Waals surface area contributed by atoms with E-state index in [1.54, 1.807) is 0 Å². The SMILES string of the molecule is Nc1ccc(Nc2cc(Br)c(N)c3c2C(=O)c2c(cccc2S(=O)(=O)O)C3=O)cc1S(=O)(=O)O. The molecule has 7 N–H and O–H groups in total. The van der Waals surface area contributed by atoms with Gasteiger partial charge >= 0.3 is 0 Å². The Morgan fingerprint density at radius 1 is 0.794 bits per heavy atom. The maximum absolute atomic E-state index is 13.5. The Balaban J connectivity index is 1.98. The van der Waals surface area contributed by atoms with Crippen molar-refractivity contribution in [2.24, 2.45) is 0 Å². The van der Waals surface area contributed by atoms with Gasteiger partial charge in [0.2, 0.25) is 0 Å². The maximum atomic E-state index is 13.5. The molecule has 0 aliphatic heterocycles. The molecule has 176 valence electrons. The first kappa shape index (κ1) is 23.8. The van der Waals surface area contributed by atoms with Crippen LogP contribution in [-0.4, -0.2) is 37.5 Å². The number of anilines is 4. The fraction of sp³-hybridized carbons (Fsp3) is 0. The molecule has 0 aromatic heterocycles. The zero-order chi connectivity index (χ0) is 25.2. The monoisotopic (exact) mass is 567 g/mol. The first-order valence-corrected chi connectivity index (χ1v) is 12.8. The van der Waals surface area contributed by atoms with E-state index in [-0.39, 0.29) is 43.9 Å². The predicted molar refractivity (Wildman–Crippen MR) is 126 cm³/mol. The van der Waals surface area contributed by atoms with Crippen LogP contribution < -0.4 is 16.8 Å². The Morgan fingerprint density at radius 2 is 1.44 bits per heavy atom. The Bertz CT molecular complexity index is 1650. The van der Waals surface area contributed by atoms with E-state index in [4.69, 9.17) is 11.5 Å². The highest BCUT2D eigenvalue weighted by Crippen LogP contribution is 2.42. The van der Waals surface area contributed by atoms with Gasteiger partial charge in [-0.1, -0.05) is 12.1 Å². The van der Waals surface area contributed by atoms with Crippen LogP contribution in [-0.2, 0) is 20.2 Å². The normalized spacial score (nSPS) is 13.4.